The second kappa shape index (κ2) is 3.22. The van der Waals surface area contributed by atoms with E-state index in [0.29, 0.717) is 11.2 Å². The molecule has 0 aliphatic heterocycles. The average molecular weight is 155 g/mol. The number of nitrogens with zero attached hydrogens (tertiary/aromatic N) is 1. The number of Topliss-reactive ketones (excluding diaryl/α,β-unsaturated/α-hetero) is 1. The van der Waals surface area contributed by atoms with E-state index in [0.717, 1.165) is 0 Å². The lowest BCUT2D eigenvalue weighted by molar-refractivity contribution is -0.107. The molecule has 1 aromatic heterocycles. The van der Waals surface area contributed by atoms with Crippen LogP contribution in [0.3, 0.4) is 0 Å². The van der Waals surface area contributed by atoms with Crippen molar-refractivity contribution in [1.29, 1.82) is 0 Å². The zero-order valence-electron chi connectivity index (χ0n) is 5.11. The van der Waals surface area contributed by atoms with Crippen LogP contribution < -0.4 is 0 Å². The Morgan fingerprint density at radius 3 is 3.10 bits per heavy atom. The summed E-state index contributed by atoms with van der Waals surface area (Å²) in [4.78, 5) is 25.0. The highest BCUT2D eigenvalue weighted by Crippen LogP contribution is 2.06. The first-order valence-corrected chi connectivity index (χ1v) is 3.58. The van der Waals surface area contributed by atoms with Crippen molar-refractivity contribution in [3.05, 3.63) is 16.6 Å². The summed E-state index contributed by atoms with van der Waals surface area (Å²) in [6.45, 7) is 0. The quantitative estimate of drug-likeness (QED) is 0.370. The molecular weight excluding hydrogens is 150 g/mol. The topological polar surface area (TPSA) is 47.0 Å². The van der Waals surface area contributed by atoms with Crippen LogP contribution in [0.5, 0.6) is 0 Å². The number of hydrogen-bond donors (Lipinski definition) is 0. The summed E-state index contributed by atoms with van der Waals surface area (Å²) in [7, 11) is 0. The maximum absolute atomic E-state index is 10.8. The largest absolute Gasteiger partial charge is 0.303 e. The highest BCUT2D eigenvalue weighted by Gasteiger charge is 2.04. The summed E-state index contributed by atoms with van der Waals surface area (Å²) in [6, 6.07) is 0. The zero-order chi connectivity index (χ0) is 7.40. The zero-order valence-corrected chi connectivity index (χ0v) is 5.93. The van der Waals surface area contributed by atoms with Gasteiger partial charge >= 0.3 is 0 Å². The Labute approximate surface area is 61.7 Å². The lowest BCUT2D eigenvalue weighted by atomic mass is 10.3. The van der Waals surface area contributed by atoms with Crippen LogP contribution in [0, 0.1) is 0 Å². The normalized spacial score (nSPS) is 9.20. The van der Waals surface area contributed by atoms with Crippen molar-refractivity contribution in [2.75, 3.05) is 0 Å². The van der Waals surface area contributed by atoms with Gasteiger partial charge in [-0.2, -0.15) is 0 Å². The summed E-state index contributed by atoms with van der Waals surface area (Å²) >= 11 is 1.25. The fourth-order valence-corrected chi connectivity index (χ4v) is 1.10. The SMILES string of the molecule is O=CCC(=O)c1cncs1. The molecule has 0 saturated heterocycles. The first-order valence-electron chi connectivity index (χ1n) is 2.70. The van der Waals surface area contributed by atoms with Crippen LogP contribution in [0.1, 0.15) is 16.1 Å². The summed E-state index contributed by atoms with van der Waals surface area (Å²) in [5.41, 5.74) is 1.57. The van der Waals surface area contributed by atoms with Crippen LogP contribution in [0.25, 0.3) is 0 Å². The van der Waals surface area contributed by atoms with Gasteiger partial charge in [-0.25, -0.2) is 0 Å². The summed E-state index contributed by atoms with van der Waals surface area (Å²) in [5, 5.41) is 0. The standard InChI is InChI=1S/C6H5NO2S/c8-2-1-5(9)6-3-7-4-10-6/h2-4H,1H2. The van der Waals surface area contributed by atoms with Gasteiger partial charge in [-0.3, -0.25) is 9.78 Å². The maximum atomic E-state index is 10.8. The van der Waals surface area contributed by atoms with E-state index in [1.165, 1.54) is 17.5 Å². The van der Waals surface area contributed by atoms with Gasteiger partial charge in [0.1, 0.15) is 6.29 Å². The molecule has 0 aliphatic rings. The molecule has 0 aromatic carbocycles. The van der Waals surface area contributed by atoms with Gasteiger partial charge in [0.2, 0.25) is 0 Å². The molecule has 4 heteroatoms. The van der Waals surface area contributed by atoms with Crippen LogP contribution in [0.2, 0.25) is 0 Å². The molecule has 1 heterocycles. The van der Waals surface area contributed by atoms with Crippen molar-refractivity contribution in [2.45, 2.75) is 6.42 Å². The third-order valence-corrected chi connectivity index (χ3v) is 1.79. The Hall–Kier alpha value is -1.03. The first-order chi connectivity index (χ1) is 4.84. The van der Waals surface area contributed by atoms with Crippen LogP contribution in [0.15, 0.2) is 11.7 Å². The van der Waals surface area contributed by atoms with E-state index >= 15 is 0 Å². The van der Waals surface area contributed by atoms with Crippen LogP contribution in [-0.2, 0) is 4.79 Å². The van der Waals surface area contributed by atoms with Crippen LogP contribution in [-0.4, -0.2) is 17.1 Å². The van der Waals surface area contributed by atoms with Crippen molar-refractivity contribution in [1.82, 2.24) is 4.98 Å². The predicted molar refractivity (Wildman–Crippen MR) is 37.1 cm³/mol. The molecule has 0 spiro atoms. The minimum Gasteiger partial charge on any atom is -0.303 e. The maximum Gasteiger partial charge on any atom is 0.181 e. The number of carbonyl (C=O) groups is 2. The van der Waals surface area contributed by atoms with E-state index in [1.54, 1.807) is 5.51 Å². The molecule has 0 amide bonds. The molecule has 10 heavy (non-hydrogen) atoms. The molecule has 0 aliphatic carbocycles. The molecular formula is C6H5NO2S. The van der Waals surface area contributed by atoms with E-state index in [4.69, 9.17) is 0 Å². The Morgan fingerprint density at radius 2 is 2.60 bits per heavy atom. The molecule has 1 rings (SSSR count). The fraction of sp³-hybridized carbons (Fsp3) is 0.167. The van der Waals surface area contributed by atoms with Crippen molar-refractivity contribution in [3.8, 4) is 0 Å². The van der Waals surface area contributed by atoms with Crippen LogP contribution in [0.4, 0.5) is 0 Å². The van der Waals surface area contributed by atoms with Gasteiger partial charge in [0, 0.05) is 6.20 Å². The summed E-state index contributed by atoms with van der Waals surface area (Å²) in [5.74, 6) is -0.155. The van der Waals surface area contributed by atoms with Gasteiger partial charge in [-0.1, -0.05) is 0 Å². The van der Waals surface area contributed by atoms with Gasteiger partial charge in [0.05, 0.1) is 16.8 Å². The number of rotatable bonds is 3. The molecule has 0 N–H and O–H groups in total. The van der Waals surface area contributed by atoms with E-state index in [1.807, 2.05) is 0 Å². The molecule has 3 nitrogen and oxygen atoms in total. The molecule has 0 saturated carbocycles. The van der Waals surface area contributed by atoms with Crippen molar-refractivity contribution in [3.63, 3.8) is 0 Å². The minimum atomic E-state index is -0.155. The number of ketones is 1. The van der Waals surface area contributed by atoms with Gasteiger partial charge in [-0.15, -0.1) is 11.3 Å². The Morgan fingerprint density at radius 1 is 1.80 bits per heavy atom. The second-order valence-electron chi connectivity index (χ2n) is 1.66. The highest BCUT2D eigenvalue weighted by atomic mass is 32.1. The van der Waals surface area contributed by atoms with E-state index < -0.39 is 0 Å². The number of aldehydes is 1. The number of carbonyl (C=O) groups excluding carboxylic acids is 2. The highest BCUT2D eigenvalue weighted by molar-refractivity contribution is 7.11. The first kappa shape index (κ1) is 7.08. The lowest BCUT2D eigenvalue weighted by Crippen LogP contribution is -1.95. The summed E-state index contributed by atoms with van der Waals surface area (Å²) < 4.78 is 0. The van der Waals surface area contributed by atoms with E-state index in [9.17, 15) is 9.59 Å². The Balaban J connectivity index is 2.68. The molecule has 0 radical (unpaired) electrons. The second-order valence-corrected chi connectivity index (χ2v) is 2.55. The summed E-state index contributed by atoms with van der Waals surface area (Å²) in [6.07, 6.45) is 2.03. The average Bonchev–Trinajstić information content (AvgIpc) is 2.38. The van der Waals surface area contributed by atoms with Gasteiger partial charge in [0.25, 0.3) is 0 Å². The Kier molecular flexibility index (Phi) is 2.28. The van der Waals surface area contributed by atoms with Gasteiger partial charge < -0.3 is 4.79 Å². The van der Waals surface area contributed by atoms with E-state index in [-0.39, 0.29) is 12.2 Å². The van der Waals surface area contributed by atoms with Crippen molar-refractivity contribution in [2.24, 2.45) is 0 Å². The van der Waals surface area contributed by atoms with Gasteiger partial charge in [0.15, 0.2) is 5.78 Å². The van der Waals surface area contributed by atoms with Crippen molar-refractivity contribution < 1.29 is 9.59 Å². The number of thiazole rings is 1. The monoisotopic (exact) mass is 155 g/mol. The molecule has 1 aromatic rings. The molecule has 52 valence electrons. The molecule has 0 atom stereocenters. The number of aromatic nitrogens is 1. The minimum absolute atomic E-state index is 0.0395. The van der Waals surface area contributed by atoms with Crippen molar-refractivity contribution >= 4 is 23.4 Å². The molecule has 0 bridgehead atoms. The lowest BCUT2D eigenvalue weighted by Gasteiger charge is -1.84. The molecule has 0 fully saturated rings. The Bertz CT molecular complexity index is 230. The smallest absolute Gasteiger partial charge is 0.181 e. The third-order valence-electron chi connectivity index (χ3n) is 0.976. The fourth-order valence-electron chi connectivity index (χ4n) is 0.530. The van der Waals surface area contributed by atoms with E-state index in [2.05, 4.69) is 4.98 Å². The predicted octanol–water partition coefficient (Wildman–Crippen LogP) is 0.915. The molecule has 0 unspecified atom stereocenters. The van der Waals surface area contributed by atoms with Gasteiger partial charge in [-0.05, 0) is 0 Å². The third kappa shape index (κ3) is 1.48. The van der Waals surface area contributed by atoms with Crippen LogP contribution >= 0.6 is 11.3 Å². The number of hydrogen-bond acceptors (Lipinski definition) is 4.